The third-order valence-corrected chi connectivity index (χ3v) is 3.66. The van der Waals surface area contributed by atoms with Gasteiger partial charge in [-0.05, 0) is 42.3 Å². The number of hydrogen-bond acceptors (Lipinski definition) is 3. The maximum atomic E-state index is 12.1. The fourth-order valence-corrected chi connectivity index (χ4v) is 2.35. The van der Waals surface area contributed by atoms with Gasteiger partial charge in [0.15, 0.2) is 6.10 Å². The highest BCUT2D eigenvalue weighted by molar-refractivity contribution is 5.80. The minimum absolute atomic E-state index is 0.182. The van der Waals surface area contributed by atoms with Crippen LogP contribution in [0.4, 0.5) is 0 Å². The van der Waals surface area contributed by atoms with Gasteiger partial charge in [-0.25, -0.2) is 0 Å². The number of furan rings is 1. The molecule has 3 rings (SSSR count). The Bertz CT molecular complexity index is 764. The molecular weight excluding hydrogens is 302 g/mol. The largest absolute Gasteiger partial charge is 0.481 e. The number of carbonyl (C=O) groups excluding carboxylic acids is 1. The number of amides is 1. The molecule has 0 saturated carbocycles. The predicted molar refractivity (Wildman–Crippen MR) is 92.5 cm³/mol. The summed E-state index contributed by atoms with van der Waals surface area (Å²) in [6, 6.07) is 21.4. The van der Waals surface area contributed by atoms with Gasteiger partial charge >= 0.3 is 0 Å². The third kappa shape index (κ3) is 4.04. The van der Waals surface area contributed by atoms with Crippen molar-refractivity contribution < 1.29 is 13.9 Å². The summed E-state index contributed by atoms with van der Waals surface area (Å²) in [5, 5.41) is 2.78. The summed E-state index contributed by atoms with van der Waals surface area (Å²) in [6.45, 7) is 2.08. The Morgan fingerprint density at radius 1 is 1.00 bits per heavy atom. The van der Waals surface area contributed by atoms with Crippen LogP contribution in [-0.4, -0.2) is 12.0 Å². The van der Waals surface area contributed by atoms with E-state index in [1.807, 2.05) is 48.5 Å². The van der Waals surface area contributed by atoms with Crippen LogP contribution >= 0.6 is 0 Å². The van der Waals surface area contributed by atoms with Gasteiger partial charge in [0, 0.05) is 0 Å². The average Bonchev–Trinajstić information content (AvgIpc) is 3.14. The van der Waals surface area contributed by atoms with Crippen LogP contribution in [0.3, 0.4) is 0 Å². The molecular formula is C20H19NO3. The molecule has 0 aliphatic rings. The second-order valence-electron chi connectivity index (χ2n) is 5.45. The number of benzene rings is 2. The van der Waals surface area contributed by atoms with Crippen LogP contribution in [0, 0.1) is 0 Å². The molecule has 24 heavy (non-hydrogen) atoms. The molecule has 1 heterocycles. The Kier molecular flexibility index (Phi) is 4.96. The van der Waals surface area contributed by atoms with Crippen LogP contribution < -0.4 is 10.1 Å². The molecule has 1 amide bonds. The fourth-order valence-electron chi connectivity index (χ4n) is 2.35. The highest BCUT2D eigenvalue weighted by Gasteiger charge is 2.14. The van der Waals surface area contributed by atoms with E-state index in [1.54, 1.807) is 19.3 Å². The fraction of sp³-hybridized carbons (Fsp3) is 0.150. The molecule has 4 nitrogen and oxygen atoms in total. The smallest absolute Gasteiger partial charge is 0.261 e. The minimum atomic E-state index is -0.581. The first-order chi connectivity index (χ1) is 11.7. The molecule has 1 aromatic heterocycles. The minimum Gasteiger partial charge on any atom is -0.481 e. The quantitative estimate of drug-likeness (QED) is 0.746. The van der Waals surface area contributed by atoms with Crippen molar-refractivity contribution in [2.45, 2.75) is 19.6 Å². The number of ether oxygens (including phenoxy) is 1. The summed E-state index contributed by atoms with van der Waals surface area (Å²) in [7, 11) is 0. The van der Waals surface area contributed by atoms with E-state index in [4.69, 9.17) is 9.15 Å². The molecule has 0 unspecified atom stereocenters. The molecule has 0 radical (unpaired) electrons. The number of carbonyl (C=O) groups is 1. The first-order valence-electron chi connectivity index (χ1n) is 7.84. The van der Waals surface area contributed by atoms with Gasteiger partial charge in [-0.2, -0.15) is 0 Å². The van der Waals surface area contributed by atoms with Crippen molar-refractivity contribution in [3.63, 3.8) is 0 Å². The molecule has 0 fully saturated rings. The number of hydrogen-bond donors (Lipinski definition) is 1. The number of nitrogens with one attached hydrogen (secondary N) is 1. The molecule has 0 saturated heterocycles. The Hall–Kier alpha value is -3.01. The second-order valence-corrected chi connectivity index (χ2v) is 5.45. The Balaban J connectivity index is 1.56. The molecule has 0 bridgehead atoms. The van der Waals surface area contributed by atoms with Gasteiger partial charge in [0.05, 0.1) is 12.8 Å². The molecule has 0 aliphatic heterocycles. The lowest BCUT2D eigenvalue weighted by atomic mass is 10.1. The zero-order valence-electron chi connectivity index (χ0n) is 13.4. The third-order valence-electron chi connectivity index (χ3n) is 3.66. The zero-order chi connectivity index (χ0) is 16.8. The zero-order valence-corrected chi connectivity index (χ0v) is 13.4. The molecule has 2 aromatic carbocycles. The Morgan fingerprint density at radius 3 is 2.38 bits per heavy atom. The summed E-state index contributed by atoms with van der Waals surface area (Å²) in [5.41, 5.74) is 2.26. The van der Waals surface area contributed by atoms with Crippen molar-refractivity contribution in [2.24, 2.45) is 0 Å². The van der Waals surface area contributed by atoms with E-state index >= 15 is 0 Å². The SMILES string of the molecule is C[C@@H](Oc1ccc(-c2ccccc2)cc1)C(=O)NCc1ccco1. The lowest BCUT2D eigenvalue weighted by Crippen LogP contribution is -2.35. The first-order valence-corrected chi connectivity index (χ1v) is 7.84. The summed E-state index contributed by atoms with van der Waals surface area (Å²) >= 11 is 0. The predicted octanol–water partition coefficient (Wildman–Crippen LogP) is 4.03. The lowest BCUT2D eigenvalue weighted by molar-refractivity contribution is -0.127. The van der Waals surface area contributed by atoms with E-state index in [9.17, 15) is 4.79 Å². The van der Waals surface area contributed by atoms with E-state index in [2.05, 4.69) is 17.4 Å². The van der Waals surface area contributed by atoms with Crippen molar-refractivity contribution in [3.8, 4) is 16.9 Å². The summed E-state index contributed by atoms with van der Waals surface area (Å²) in [6.07, 6.45) is 0.998. The second kappa shape index (κ2) is 7.51. The van der Waals surface area contributed by atoms with Gasteiger partial charge < -0.3 is 14.5 Å². The maximum Gasteiger partial charge on any atom is 0.261 e. The highest BCUT2D eigenvalue weighted by Crippen LogP contribution is 2.22. The normalized spacial score (nSPS) is 11.7. The molecule has 1 N–H and O–H groups in total. The van der Waals surface area contributed by atoms with Crippen LogP contribution in [0.1, 0.15) is 12.7 Å². The highest BCUT2D eigenvalue weighted by atomic mass is 16.5. The standard InChI is InChI=1S/C20H19NO3/c1-15(20(22)21-14-19-8-5-13-23-19)24-18-11-9-17(10-12-18)16-6-3-2-4-7-16/h2-13,15H,14H2,1H3,(H,21,22)/t15-/m1/s1. The summed E-state index contributed by atoms with van der Waals surface area (Å²) < 4.78 is 10.9. The molecule has 0 spiro atoms. The summed E-state index contributed by atoms with van der Waals surface area (Å²) in [4.78, 5) is 12.1. The lowest BCUT2D eigenvalue weighted by Gasteiger charge is -2.14. The van der Waals surface area contributed by atoms with Crippen molar-refractivity contribution >= 4 is 5.91 Å². The molecule has 0 aliphatic carbocycles. The monoisotopic (exact) mass is 321 g/mol. The molecule has 3 aromatic rings. The van der Waals surface area contributed by atoms with Gasteiger partial charge in [0.2, 0.25) is 0 Å². The van der Waals surface area contributed by atoms with Gasteiger partial charge in [-0.1, -0.05) is 42.5 Å². The van der Waals surface area contributed by atoms with E-state index in [0.717, 1.165) is 11.1 Å². The van der Waals surface area contributed by atoms with Gasteiger partial charge in [0.25, 0.3) is 5.91 Å². The first kappa shape index (κ1) is 15.9. The van der Waals surface area contributed by atoms with Crippen molar-refractivity contribution in [3.05, 3.63) is 78.8 Å². The Labute approximate surface area is 141 Å². The van der Waals surface area contributed by atoms with Crippen LogP contribution in [0.2, 0.25) is 0 Å². The van der Waals surface area contributed by atoms with Crippen LogP contribution in [0.5, 0.6) is 5.75 Å². The van der Waals surface area contributed by atoms with Gasteiger partial charge in [0.1, 0.15) is 11.5 Å². The van der Waals surface area contributed by atoms with E-state index in [1.165, 1.54) is 0 Å². The van der Waals surface area contributed by atoms with Crippen molar-refractivity contribution in [2.75, 3.05) is 0 Å². The molecule has 4 heteroatoms. The van der Waals surface area contributed by atoms with Gasteiger partial charge in [-0.3, -0.25) is 4.79 Å². The average molecular weight is 321 g/mol. The van der Waals surface area contributed by atoms with E-state index in [0.29, 0.717) is 18.1 Å². The molecule has 1 atom stereocenters. The van der Waals surface area contributed by atoms with Crippen LogP contribution in [-0.2, 0) is 11.3 Å². The summed E-state index contributed by atoms with van der Waals surface area (Å²) in [5.74, 6) is 1.19. The van der Waals surface area contributed by atoms with Crippen LogP contribution in [0.15, 0.2) is 77.4 Å². The van der Waals surface area contributed by atoms with Crippen LogP contribution in [0.25, 0.3) is 11.1 Å². The topological polar surface area (TPSA) is 51.5 Å². The Morgan fingerprint density at radius 2 is 1.71 bits per heavy atom. The van der Waals surface area contributed by atoms with Crippen molar-refractivity contribution in [1.82, 2.24) is 5.32 Å². The van der Waals surface area contributed by atoms with Crippen molar-refractivity contribution in [1.29, 1.82) is 0 Å². The number of rotatable bonds is 6. The molecule has 122 valence electrons. The van der Waals surface area contributed by atoms with E-state index < -0.39 is 6.10 Å². The van der Waals surface area contributed by atoms with E-state index in [-0.39, 0.29) is 5.91 Å². The maximum absolute atomic E-state index is 12.1. The van der Waals surface area contributed by atoms with Gasteiger partial charge in [-0.15, -0.1) is 0 Å².